The van der Waals surface area contributed by atoms with E-state index in [0.29, 0.717) is 0 Å². The molecule has 1 aromatic rings. The number of nitrogens with one attached hydrogen (secondary N) is 4. The number of halogens is 4. The zero-order valence-electron chi connectivity index (χ0n) is 14.9. The molecule has 0 aliphatic carbocycles. The molecule has 0 fully saturated rings. The standard InChI is InChI=1S/C13H16ClF3N6O5S/c1-23-12(19-21-22-23)18-11(24)7-3-4-8(28-13(15,16)17)10(9(7)14)20-29(25,26)6-5-27-2/h3-4,20-22H,5-6H2,1-2H3,(H,18,19,24). The molecular formula is C13H16ClF3N6O5S. The summed E-state index contributed by atoms with van der Waals surface area (Å²) in [7, 11) is -1.40. The number of anilines is 1. The Hall–Kier alpha value is -2.49. The highest BCUT2D eigenvalue weighted by Gasteiger charge is 2.34. The second-order valence-corrected chi connectivity index (χ2v) is 7.65. The van der Waals surface area contributed by atoms with Gasteiger partial charge in [-0.1, -0.05) is 11.6 Å². The monoisotopic (exact) mass is 460 g/mol. The molecule has 0 saturated carbocycles. The number of sulfonamides is 1. The Kier molecular flexibility index (Phi) is 6.99. The molecule has 1 aliphatic rings. The number of alkyl halides is 3. The average Bonchev–Trinajstić information content (AvgIpc) is 3.00. The van der Waals surface area contributed by atoms with Crippen molar-refractivity contribution in [1.29, 1.82) is 0 Å². The van der Waals surface area contributed by atoms with Crippen molar-refractivity contribution in [1.82, 2.24) is 21.4 Å². The molecule has 1 heterocycles. The number of rotatable bonds is 7. The van der Waals surface area contributed by atoms with Crippen LogP contribution in [0.1, 0.15) is 10.4 Å². The summed E-state index contributed by atoms with van der Waals surface area (Å²) in [6, 6.07) is 1.71. The van der Waals surface area contributed by atoms with Crippen LogP contribution in [-0.4, -0.2) is 58.2 Å². The van der Waals surface area contributed by atoms with Gasteiger partial charge < -0.3 is 9.47 Å². The highest BCUT2D eigenvalue weighted by Crippen LogP contribution is 2.38. The summed E-state index contributed by atoms with van der Waals surface area (Å²) < 4.78 is 72.6. The molecule has 0 spiro atoms. The van der Waals surface area contributed by atoms with Crippen LogP contribution in [-0.2, 0) is 14.8 Å². The van der Waals surface area contributed by atoms with Crippen LogP contribution in [0, 0.1) is 0 Å². The first-order chi connectivity index (χ1) is 13.4. The summed E-state index contributed by atoms with van der Waals surface area (Å²) in [4.78, 5) is 12.4. The third kappa shape index (κ3) is 6.25. The fourth-order valence-corrected chi connectivity index (χ4v) is 3.35. The van der Waals surface area contributed by atoms with Gasteiger partial charge in [-0.25, -0.2) is 14.0 Å². The quantitative estimate of drug-likeness (QED) is 0.464. The Labute approximate surface area is 168 Å². The van der Waals surface area contributed by atoms with Crippen LogP contribution in [0.3, 0.4) is 0 Å². The lowest BCUT2D eigenvalue weighted by Gasteiger charge is -2.18. The third-order valence-corrected chi connectivity index (χ3v) is 4.92. The van der Waals surface area contributed by atoms with E-state index in [9.17, 15) is 26.4 Å². The number of guanidine groups is 1. The first-order valence-electron chi connectivity index (χ1n) is 7.64. The van der Waals surface area contributed by atoms with Crippen LogP contribution < -0.4 is 25.8 Å². The van der Waals surface area contributed by atoms with Gasteiger partial charge in [0, 0.05) is 14.2 Å². The molecule has 0 saturated heterocycles. The number of nitrogens with zero attached hydrogens (tertiary/aromatic N) is 2. The van der Waals surface area contributed by atoms with E-state index in [-0.39, 0.29) is 18.1 Å². The number of amides is 1. The minimum atomic E-state index is -5.13. The lowest BCUT2D eigenvalue weighted by molar-refractivity contribution is -0.274. The molecule has 4 N–H and O–H groups in total. The van der Waals surface area contributed by atoms with Gasteiger partial charge in [-0.05, 0) is 12.1 Å². The SMILES string of the molecule is COCCS(=O)(=O)Nc1c(OC(F)(F)F)ccc(C(=O)NC2=NNNN2C)c1Cl. The Morgan fingerprint density at radius 3 is 2.62 bits per heavy atom. The number of hydrogen-bond donors (Lipinski definition) is 4. The van der Waals surface area contributed by atoms with Crippen LogP contribution in [0.25, 0.3) is 0 Å². The predicted molar refractivity (Wildman–Crippen MR) is 96.4 cm³/mol. The van der Waals surface area contributed by atoms with Crippen molar-refractivity contribution in [2.24, 2.45) is 5.10 Å². The minimum Gasteiger partial charge on any atom is -0.403 e. The number of methoxy groups -OCH3 is 1. The normalized spacial score (nSPS) is 14.3. The van der Waals surface area contributed by atoms with Gasteiger partial charge in [-0.15, -0.1) is 23.8 Å². The van der Waals surface area contributed by atoms with E-state index in [2.05, 4.69) is 31.0 Å². The van der Waals surface area contributed by atoms with Crippen LogP contribution in [0.5, 0.6) is 5.75 Å². The van der Waals surface area contributed by atoms with Crippen LogP contribution in [0.15, 0.2) is 17.2 Å². The van der Waals surface area contributed by atoms with E-state index >= 15 is 0 Å². The van der Waals surface area contributed by atoms with E-state index < -0.39 is 44.5 Å². The molecule has 1 aliphatic heterocycles. The van der Waals surface area contributed by atoms with Crippen LogP contribution in [0.4, 0.5) is 18.9 Å². The van der Waals surface area contributed by atoms with Crippen molar-refractivity contribution in [2.45, 2.75) is 6.36 Å². The van der Waals surface area contributed by atoms with Crippen LogP contribution >= 0.6 is 11.6 Å². The van der Waals surface area contributed by atoms with Gasteiger partial charge in [-0.3, -0.25) is 19.8 Å². The molecule has 0 bridgehead atoms. The minimum absolute atomic E-state index is 0.0314. The Balaban J connectivity index is 2.40. The average molecular weight is 461 g/mol. The molecule has 1 aromatic carbocycles. The Bertz CT molecular complexity index is 911. The Morgan fingerprint density at radius 2 is 2.07 bits per heavy atom. The van der Waals surface area contributed by atoms with Gasteiger partial charge in [0.2, 0.25) is 16.0 Å². The second-order valence-electron chi connectivity index (χ2n) is 5.43. The molecule has 0 radical (unpaired) electrons. The van der Waals surface area contributed by atoms with Crippen molar-refractivity contribution in [3.63, 3.8) is 0 Å². The topological polar surface area (TPSA) is 133 Å². The van der Waals surface area contributed by atoms with Gasteiger partial charge in [-0.2, -0.15) is 0 Å². The second kappa shape index (κ2) is 8.89. The number of ether oxygens (including phenoxy) is 2. The molecule has 16 heteroatoms. The Morgan fingerprint density at radius 1 is 1.38 bits per heavy atom. The first kappa shape index (κ1) is 22.8. The highest BCUT2D eigenvalue weighted by atomic mass is 35.5. The summed E-state index contributed by atoms with van der Waals surface area (Å²) in [6.45, 7) is -0.227. The predicted octanol–water partition coefficient (Wildman–Crippen LogP) is 0.582. The molecule has 11 nitrogen and oxygen atoms in total. The van der Waals surface area contributed by atoms with Gasteiger partial charge in [0.1, 0.15) is 5.69 Å². The maximum Gasteiger partial charge on any atom is 0.573 e. The van der Waals surface area contributed by atoms with E-state index in [1.165, 1.54) is 19.2 Å². The summed E-state index contributed by atoms with van der Waals surface area (Å²) in [5.41, 5.74) is 3.81. The molecule has 2 rings (SSSR count). The number of hydrazine groups is 2. The molecule has 0 atom stereocenters. The maximum atomic E-state index is 12.7. The van der Waals surface area contributed by atoms with E-state index in [0.717, 1.165) is 12.1 Å². The fourth-order valence-electron chi connectivity index (χ4n) is 2.00. The smallest absolute Gasteiger partial charge is 0.403 e. The zero-order valence-corrected chi connectivity index (χ0v) is 16.5. The number of carbonyl (C=O) groups excluding carboxylic acids is 1. The van der Waals surface area contributed by atoms with E-state index in [1.54, 1.807) is 0 Å². The number of hydrazone groups is 1. The molecule has 1 amide bonds. The van der Waals surface area contributed by atoms with Crippen molar-refractivity contribution in [3.05, 3.63) is 22.7 Å². The van der Waals surface area contributed by atoms with Crippen molar-refractivity contribution < 1.29 is 35.9 Å². The summed E-state index contributed by atoms with van der Waals surface area (Å²) in [6.07, 6.45) is -5.13. The lowest BCUT2D eigenvalue weighted by atomic mass is 10.1. The largest absolute Gasteiger partial charge is 0.573 e. The molecule has 162 valence electrons. The van der Waals surface area contributed by atoms with Crippen molar-refractivity contribution in [3.8, 4) is 5.75 Å². The van der Waals surface area contributed by atoms with Crippen molar-refractivity contribution in [2.75, 3.05) is 31.2 Å². The van der Waals surface area contributed by atoms with Crippen LogP contribution in [0.2, 0.25) is 5.02 Å². The lowest BCUT2D eigenvalue weighted by Crippen LogP contribution is -2.45. The number of carbonyl (C=O) groups is 1. The zero-order chi connectivity index (χ0) is 21.8. The highest BCUT2D eigenvalue weighted by molar-refractivity contribution is 7.92. The third-order valence-electron chi connectivity index (χ3n) is 3.31. The molecular weight excluding hydrogens is 445 g/mol. The summed E-state index contributed by atoms with van der Waals surface area (Å²) in [5, 5.41) is 6.73. The van der Waals surface area contributed by atoms with Gasteiger partial charge >= 0.3 is 6.36 Å². The van der Waals surface area contributed by atoms with Gasteiger partial charge in [0.25, 0.3) is 5.91 Å². The maximum absolute atomic E-state index is 12.7. The van der Waals surface area contributed by atoms with Gasteiger partial charge in [0.15, 0.2) is 5.75 Å². The first-order valence-corrected chi connectivity index (χ1v) is 9.67. The molecule has 0 unspecified atom stereocenters. The molecule has 29 heavy (non-hydrogen) atoms. The van der Waals surface area contributed by atoms with E-state index in [4.69, 9.17) is 11.6 Å². The molecule has 0 aromatic heterocycles. The fraction of sp³-hybridized carbons (Fsp3) is 0.385. The van der Waals surface area contributed by atoms with E-state index in [1.807, 2.05) is 4.72 Å². The number of hydrogen-bond acceptors (Lipinski definition) is 9. The summed E-state index contributed by atoms with van der Waals surface area (Å²) >= 11 is 6.05. The number of benzene rings is 1. The summed E-state index contributed by atoms with van der Waals surface area (Å²) in [5.74, 6) is -2.33. The van der Waals surface area contributed by atoms with Crippen molar-refractivity contribution >= 4 is 39.2 Å². The van der Waals surface area contributed by atoms with Gasteiger partial charge in [0.05, 0.1) is 22.9 Å².